The largest absolute Gasteiger partial charge is 0.403 e. The van der Waals surface area contributed by atoms with Gasteiger partial charge >= 0.3 is 6.01 Å². The summed E-state index contributed by atoms with van der Waals surface area (Å²) in [6, 6.07) is 14.9. The van der Waals surface area contributed by atoms with E-state index in [1.165, 1.54) is 0 Å². The summed E-state index contributed by atoms with van der Waals surface area (Å²) in [5, 5.41) is 10.3. The monoisotopic (exact) mass is 305 g/mol. The smallest absolute Gasteiger partial charge is 0.322 e. The topological polar surface area (TPSA) is 85.3 Å². The molecule has 3 heterocycles. The summed E-state index contributed by atoms with van der Waals surface area (Å²) in [4.78, 5) is 16.4. The van der Waals surface area contributed by atoms with Crippen molar-refractivity contribution in [3.63, 3.8) is 0 Å². The van der Waals surface area contributed by atoms with Gasteiger partial charge in [0.15, 0.2) is 0 Å². The summed E-state index contributed by atoms with van der Waals surface area (Å²) in [6.45, 7) is 0. The third-order valence-corrected chi connectivity index (χ3v) is 3.26. The first-order valence-electron chi connectivity index (χ1n) is 6.93. The second-order valence-corrected chi connectivity index (χ2v) is 4.82. The van der Waals surface area contributed by atoms with Crippen molar-refractivity contribution in [1.82, 2.24) is 19.6 Å². The maximum absolute atomic E-state index is 12.2. The van der Waals surface area contributed by atoms with Gasteiger partial charge in [-0.1, -0.05) is 29.4 Å². The average molecular weight is 305 g/mol. The molecule has 0 bridgehead atoms. The number of hydrogen-bond acceptors (Lipinski definition) is 5. The lowest BCUT2D eigenvalue weighted by atomic mass is 10.2. The second-order valence-electron chi connectivity index (χ2n) is 4.82. The van der Waals surface area contributed by atoms with Crippen molar-refractivity contribution < 1.29 is 9.21 Å². The molecule has 112 valence electrons. The third-order valence-electron chi connectivity index (χ3n) is 3.26. The molecule has 1 N–H and O–H groups in total. The van der Waals surface area contributed by atoms with E-state index in [4.69, 9.17) is 4.42 Å². The zero-order valence-electron chi connectivity index (χ0n) is 11.9. The Hall–Kier alpha value is -3.48. The van der Waals surface area contributed by atoms with Crippen molar-refractivity contribution in [2.45, 2.75) is 0 Å². The molecule has 0 aliphatic rings. The zero-order valence-corrected chi connectivity index (χ0v) is 11.9. The Morgan fingerprint density at radius 3 is 2.70 bits per heavy atom. The molecular weight excluding hydrogens is 294 g/mol. The van der Waals surface area contributed by atoms with Gasteiger partial charge in [0.25, 0.3) is 5.91 Å². The fourth-order valence-electron chi connectivity index (χ4n) is 2.18. The molecule has 0 saturated carbocycles. The number of imidazole rings is 1. The van der Waals surface area contributed by atoms with E-state index in [2.05, 4.69) is 20.5 Å². The molecule has 0 spiro atoms. The van der Waals surface area contributed by atoms with Crippen LogP contribution in [0, 0.1) is 0 Å². The maximum Gasteiger partial charge on any atom is 0.322 e. The standard InChI is InChI=1S/C16H11N5O2/c22-14(12-10-21-9-5-4-8-13(21)17-12)18-16-20-19-15(23-16)11-6-2-1-3-7-11/h1-10H,(H,18,20,22). The summed E-state index contributed by atoms with van der Waals surface area (Å²) >= 11 is 0. The van der Waals surface area contributed by atoms with Crippen LogP contribution in [0.5, 0.6) is 0 Å². The van der Waals surface area contributed by atoms with Crippen LogP contribution in [0.25, 0.3) is 17.1 Å². The van der Waals surface area contributed by atoms with Gasteiger partial charge in [-0.3, -0.25) is 10.1 Å². The minimum atomic E-state index is -0.406. The predicted molar refractivity (Wildman–Crippen MR) is 82.9 cm³/mol. The molecule has 0 aliphatic heterocycles. The van der Waals surface area contributed by atoms with E-state index >= 15 is 0 Å². The highest BCUT2D eigenvalue weighted by Gasteiger charge is 2.15. The van der Waals surface area contributed by atoms with Crippen LogP contribution in [0.1, 0.15) is 10.5 Å². The molecule has 1 aromatic carbocycles. The van der Waals surface area contributed by atoms with E-state index in [1.54, 1.807) is 10.6 Å². The van der Waals surface area contributed by atoms with Crippen LogP contribution >= 0.6 is 0 Å². The van der Waals surface area contributed by atoms with Crippen molar-refractivity contribution in [2.24, 2.45) is 0 Å². The second kappa shape index (κ2) is 5.38. The number of amides is 1. The number of nitrogens with zero attached hydrogens (tertiary/aromatic N) is 4. The van der Waals surface area contributed by atoms with E-state index in [0.717, 1.165) is 5.56 Å². The predicted octanol–water partition coefficient (Wildman–Crippen LogP) is 2.64. The summed E-state index contributed by atoms with van der Waals surface area (Å²) in [7, 11) is 0. The Bertz CT molecular complexity index is 941. The normalized spacial score (nSPS) is 10.8. The van der Waals surface area contributed by atoms with Crippen LogP contribution in [0.3, 0.4) is 0 Å². The van der Waals surface area contributed by atoms with Gasteiger partial charge in [0.2, 0.25) is 5.89 Å². The Labute approximate surface area is 130 Å². The average Bonchev–Trinajstić information content (AvgIpc) is 3.22. The van der Waals surface area contributed by atoms with Gasteiger partial charge in [-0.25, -0.2) is 4.98 Å². The van der Waals surface area contributed by atoms with Crippen molar-refractivity contribution in [1.29, 1.82) is 0 Å². The third kappa shape index (κ3) is 2.55. The molecule has 4 rings (SSSR count). The fourth-order valence-corrected chi connectivity index (χ4v) is 2.18. The van der Waals surface area contributed by atoms with Crippen molar-refractivity contribution in [3.05, 3.63) is 66.6 Å². The lowest BCUT2D eigenvalue weighted by molar-refractivity contribution is 0.102. The number of hydrogen-bond donors (Lipinski definition) is 1. The number of aromatic nitrogens is 4. The SMILES string of the molecule is O=C(Nc1nnc(-c2ccccc2)o1)c1cn2ccccc2n1. The molecule has 0 radical (unpaired) electrons. The highest BCUT2D eigenvalue weighted by Crippen LogP contribution is 2.19. The van der Waals surface area contributed by atoms with Crippen molar-refractivity contribution in [3.8, 4) is 11.5 Å². The van der Waals surface area contributed by atoms with Gasteiger partial charge in [-0.05, 0) is 24.3 Å². The van der Waals surface area contributed by atoms with Gasteiger partial charge in [-0.15, -0.1) is 5.10 Å². The van der Waals surface area contributed by atoms with Crippen molar-refractivity contribution >= 4 is 17.6 Å². The summed E-state index contributed by atoms with van der Waals surface area (Å²) in [6.07, 6.45) is 3.46. The summed E-state index contributed by atoms with van der Waals surface area (Å²) < 4.78 is 7.21. The lowest BCUT2D eigenvalue weighted by Crippen LogP contribution is -2.12. The first-order valence-corrected chi connectivity index (χ1v) is 6.93. The van der Waals surface area contributed by atoms with E-state index in [1.807, 2.05) is 54.7 Å². The number of pyridine rings is 1. The quantitative estimate of drug-likeness (QED) is 0.629. The highest BCUT2D eigenvalue weighted by molar-refractivity contribution is 6.02. The van der Waals surface area contributed by atoms with Gasteiger partial charge < -0.3 is 8.82 Å². The first kappa shape index (κ1) is 13.2. The molecule has 1 amide bonds. The molecule has 0 atom stereocenters. The van der Waals surface area contributed by atoms with Crippen LogP contribution in [0.2, 0.25) is 0 Å². The van der Waals surface area contributed by atoms with Gasteiger partial charge in [0.1, 0.15) is 11.3 Å². The van der Waals surface area contributed by atoms with E-state index in [-0.39, 0.29) is 11.7 Å². The maximum atomic E-state index is 12.2. The first-order chi connectivity index (χ1) is 11.3. The van der Waals surface area contributed by atoms with Crippen LogP contribution in [-0.2, 0) is 0 Å². The van der Waals surface area contributed by atoms with E-state index in [9.17, 15) is 4.79 Å². The fraction of sp³-hybridized carbons (Fsp3) is 0. The molecule has 4 aromatic rings. The Morgan fingerprint density at radius 2 is 1.87 bits per heavy atom. The molecule has 7 heteroatoms. The number of carbonyl (C=O) groups excluding carboxylic acids is 1. The summed E-state index contributed by atoms with van der Waals surface area (Å²) in [5.41, 5.74) is 1.75. The molecule has 7 nitrogen and oxygen atoms in total. The number of anilines is 1. The molecule has 23 heavy (non-hydrogen) atoms. The Kier molecular flexibility index (Phi) is 3.09. The minimum absolute atomic E-state index is 0.0332. The molecular formula is C16H11N5O2. The van der Waals surface area contributed by atoms with Gasteiger partial charge in [0, 0.05) is 18.0 Å². The molecule has 0 fully saturated rings. The van der Waals surface area contributed by atoms with Crippen LogP contribution < -0.4 is 5.32 Å². The van der Waals surface area contributed by atoms with Gasteiger partial charge in [-0.2, -0.15) is 0 Å². The number of carbonyl (C=O) groups is 1. The lowest BCUT2D eigenvalue weighted by Gasteiger charge is -1.95. The van der Waals surface area contributed by atoms with E-state index < -0.39 is 5.91 Å². The zero-order chi connectivity index (χ0) is 15.6. The molecule has 3 aromatic heterocycles. The number of nitrogens with one attached hydrogen (secondary N) is 1. The highest BCUT2D eigenvalue weighted by atomic mass is 16.4. The number of benzene rings is 1. The molecule has 0 aliphatic carbocycles. The van der Waals surface area contributed by atoms with E-state index in [0.29, 0.717) is 11.5 Å². The summed E-state index contributed by atoms with van der Waals surface area (Å²) in [5.74, 6) is -0.0622. The van der Waals surface area contributed by atoms with Crippen LogP contribution in [0.15, 0.2) is 65.3 Å². The molecule has 0 saturated heterocycles. The number of fused-ring (bicyclic) bond motifs is 1. The van der Waals surface area contributed by atoms with Crippen LogP contribution in [0.4, 0.5) is 6.01 Å². The Morgan fingerprint density at radius 1 is 1.04 bits per heavy atom. The number of rotatable bonds is 3. The Balaban J connectivity index is 1.56. The van der Waals surface area contributed by atoms with Crippen molar-refractivity contribution in [2.75, 3.05) is 5.32 Å². The molecule has 0 unspecified atom stereocenters. The van der Waals surface area contributed by atoms with Gasteiger partial charge in [0.05, 0.1) is 0 Å². The van der Waals surface area contributed by atoms with Crippen LogP contribution in [-0.4, -0.2) is 25.5 Å². The minimum Gasteiger partial charge on any atom is -0.403 e.